The number of carbonyl (C=O) groups excluding carboxylic acids is 3. The lowest BCUT2D eigenvalue weighted by Crippen LogP contribution is -2.51. The van der Waals surface area contributed by atoms with Crippen molar-refractivity contribution < 1.29 is 19.1 Å². The van der Waals surface area contributed by atoms with Crippen molar-refractivity contribution in [3.8, 4) is 0 Å². The van der Waals surface area contributed by atoms with Crippen LogP contribution in [0.25, 0.3) is 0 Å². The molecule has 4 rings (SSSR count). The Morgan fingerprint density at radius 1 is 1.03 bits per heavy atom. The second kappa shape index (κ2) is 10.2. The first-order chi connectivity index (χ1) is 15.9. The summed E-state index contributed by atoms with van der Waals surface area (Å²) in [6.45, 7) is 3.49. The van der Waals surface area contributed by atoms with E-state index in [-0.39, 0.29) is 24.5 Å². The highest BCUT2D eigenvalue weighted by Gasteiger charge is 2.32. The van der Waals surface area contributed by atoms with Crippen LogP contribution in [0.2, 0.25) is 5.02 Å². The van der Waals surface area contributed by atoms with Crippen LogP contribution in [-0.4, -0.2) is 55.1 Å². The zero-order valence-corrected chi connectivity index (χ0v) is 19.2. The number of carbonyl (C=O) groups is 3. The van der Waals surface area contributed by atoms with E-state index in [9.17, 15) is 14.4 Å². The Bertz CT molecular complexity index is 1040. The summed E-state index contributed by atoms with van der Waals surface area (Å²) in [6, 6.07) is 11.4. The first-order valence-electron chi connectivity index (χ1n) is 11.1. The van der Waals surface area contributed by atoms with Gasteiger partial charge >= 0.3 is 6.03 Å². The van der Waals surface area contributed by atoms with Gasteiger partial charge in [-0.3, -0.25) is 9.59 Å². The molecular weight excluding hydrogens is 444 g/mol. The Labute approximate surface area is 197 Å². The number of hydrogen-bond donors (Lipinski definition) is 2. The number of halogens is 1. The van der Waals surface area contributed by atoms with Crippen LogP contribution in [-0.2, 0) is 14.3 Å². The molecule has 0 spiro atoms. The van der Waals surface area contributed by atoms with Crippen molar-refractivity contribution in [2.45, 2.75) is 32.2 Å². The largest absolute Gasteiger partial charge is 0.370 e. The molecule has 0 saturated carbocycles. The van der Waals surface area contributed by atoms with Crippen molar-refractivity contribution in [1.82, 2.24) is 4.90 Å². The first kappa shape index (κ1) is 23.1. The van der Waals surface area contributed by atoms with Gasteiger partial charge in [-0.25, -0.2) is 4.79 Å². The van der Waals surface area contributed by atoms with Crippen molar-refractivity contribution >= 4 is 46.5 Å². The average molecular weight is 471 g/mol. The number of hydrogen-bond acceptors (Lipinski definition) is 4. The number of piperidine rings is 1. The molecule has 2 heterocycles. The Morgan fingerprint density at radius 2 is 1.79 bits per heavy atom. The molecule has 0 unspecified atom stereocenters. The summed E-state index contributed by atoms with van der Waals surface area (Å²) in [5, 5.41) is 6.37. The Morgan fingerprint density at radius 3 is 2.52 bits per heavy atom. The molecule has 2 aliphatic heterocycles. The van der Waals surface area contributed by atoms with Crippen LogP contribution >= 0.6 is 11.6 Å². The van der Waals surface area contributed by atoms with E-state index >= 15 is 0 Å². The lowest BCUT2D eigenvalue weighted by atomic mass is 10.0. The number of benzene rings is 2. The summed E-state index contributed by atoms with van der Waals surface area (Å²) in [4.78, 5) is 41.4. The quantitative estimate of drug-likeness (QED) is 0.705. The molecule has 0 radical (unpaired) electrons. The van der Waals surface area contributed by atoms with Crippen molar-refractivity contribution in [1.29, 1.82) is 0 Å². The molecule has 2 aromatic rings. The third-order valence-corrected chi connectivity index (χ3v) is 6.15. The fraction of sp³-hybridized carbons (Fsp3) is 0.375. The second-order valence-electron chi connectivity index (χ2n) is 8.23. The van der Waals surface area contributed by atoms with E-state index in [1.165, 1.54) is 0 Å². The van der Waals surface area contributed by atoms with E-state index in [0.717, 1.165) is 24.1 Å². The fourth-order valence-corrected chi connectivity index (χ4v) is 4.34. The molecule has 2 saturated heterocycles. The molecule has 0 aromatic heterocycles. The van der Waals surface area contributed by atoms with E-state index in [2.05, 4.69) is 10.6 Å². The van der Waals surface area contributed by atoms with E-state index in [4.69, 9.17) is 16.3 Å². The minimum absolute atomic E-state index is 0.0769. The number of likely N-dealkylation sites (tertiary alicyclic amines) is 1. The minimum atomic E-state index is -0.563. The summed E-state index contributed by atoms with van der Waals surface area (Å²) < 4.78 is 5.20. The number of nitrogens with one attached hydrogen (secondary N) is 2. The molecule has 174 valence electrons. The van der Waals surface area contributed by atoms with Gasteiger partial charge in [0.05, 0.1) is 6.61 Å². The van der Waals surface area contributed by atoms with Gasteiger partial charge in [0.2, 0.25) is 5.91 Å². The van der Waals surface area contributed by atoms with E-state index in [1.54, 1.807) is 40.1 Å². The zero-order chi connectivity index (χ0) is 23.4. The van der Waals surface area contributed by atoms with Gasteiger partial charge in [-0.05, 0) is 74.2 Å². The van der Waals surface area contributed by atoms with Gasteiger partial charge in [0.25, 0.3) is 5.91 Å². The molecule has 0 aliphatic carbocycles. The van der Waals surface area contributed by atoms with Crippen LogP contribution in [0.1, 0.15) is 24.8 Å². The van der Waals surface area contributed by atoms with Crippen LogP contribution in [0.4, 0.5) is 21.9 Å². The SMILES string of the molecule is Cc1cc(NC(=O)[C@H]2CCCCN2C(=O)Nc2ccc(Cl)cc2)ccc1N1CCOCC1=O. The molecule has 2 aromatic carbocycles. The van der Waals surface area contributed by atoms with Crippen LogP contribution < -0.4 is 15.5 Å². The van der Waals surface area contributed by atoms with Crippen molar-refractivity contribution in [2.75, 3.05) is 41.8 Å². The van der Waals surface area contributed by atoms with E-state index < -0.39 is 6.04 Å². The van der Waals surface area contributed by atoms with E-state index in [1.807, 2.05) is 19.1 Å². The molecule has 2 aliphatic rings. The molecule has 8 nitrogen and oxygen atoms in total. The zero-order valence-electron chi connectivity index (χ0n) is 18.5. The number of nitrogens with zero attached hydrogens (tertiary/aromatic N) is 2. The van der Waals surface area contributed by atoms with Crippen LogP contribution in [0.15, 0.2) is 42.5 Å². The first-order valence-corrected chi connectivity index (χ1v) is 11.4. The van der Waals surface area contributed by atoms with Gasteiger partial charge < -0.3 is 25.2 Å². The number of ether oxygens (including phenoxy) is 1. The number of urea groups is 1. The standard InChI is InChI=1S/C24H27ClN4O4/c1-16-14-19(9-10-20(16)28-12-13-33-15-22(28)30)26-23(31)21-4-2-3-11-29(21)24(32)27-18-7-5-17(25)6-8-18/h5-10,14,21H,2-4,11-13,15H2,1H3,(H,26,31)(H,27,32)/t21-/m1/s1. The smallest absolute Gasteiger partial charge is 0.322 e. The highest BCUT2D eigenvalue weighted by atomic mass is 35.5. The normalized spacial score (nSPS) is 18.7. The Balaban J connectivity index is 1.43. The van der Waals surface area contributed by atoms with Crippen molar-refractivity contribution in [3.63, 3.8) is 0 Å². The Hall–Kier alpha value is -3.10. The summed E-state index contributed by atoms with van der Waals surface area (Å²) >= 11 is 5.91. The third kappa shape index (κ3) is 5.46. The Kier molecular flexibility index (Phi) is 7.15. The van der Waals surface area contributed by atoms with Crippen LogP contribution in [0, 0.1) is 6.92 Å². The monoisotopic (exact) mass is 470 g/mol. The van der Waals surface area contributed by atoms with Gasteiger partial charge in [0.1, 0.15) is 12.6 Å². The summed E-state index contributed by atoms with van der Waals surface area (Å²) in [5.41, 5.74) is 2.94. The maximum atomic E-state index is 13.1. The average Bonchev–Trinajstić information content (AvgIpc) is 2.81. The number of anilines is 3. The lowest BCUT2D eigenvalue weighted by Gasteiger charge is -2.34. The number of amides is 4. The van der Waals surface area contributed by atoms with Gasteiger partial charge in [0, 0.05) is 35.2 Å². The predicted octanol–water partition coefficient (Wildman–Crippen LogP) is 4.04. The fourth-order valence-electron chi connectivity index (χ4n) is 4.21. The van der Waals surface area contributed by atoms with Crippen LogP contribution in [0.3, 0.4) is 0 Å². The van der Waals surface area contributed by atoms with Gasteiger partial charge in [-0.15, -0.1) is 0 Å². The van der Waals surface area contributed by atoms with Gasteiger partial charge in [-0.1, -0.05) is 11.6 Å². The summed E-state index contributed by atoms with van der Waals surface area (Å²) in [7, 11) is 0. The number of rotatable bonds is 4. The van der Waals surface area contributed by atoms with E-state index in [0.29, 0.717) is 42.5 Å². The minimum Gasteiger partial charge on any atom is -0.370 e. The molecule has 4 amide bonds. The highest BCUT2D eigenvalue weighted by Crippen LogP contribution is 2.26. The maximum Gasteiger partial charge on any atom is 0.322 e. The molecule has 33 heavy (non-hydrogen) atoms. The topological polar surface area (TPSA) is 91.0 Å². The molecule has 1 atom stereocenters. The third-order valence-electron chi connectivity index (χ3n) is 5.90. The maximum absolute atomic E-state index is 13.1. The molecule has 2 fully saturated rings. The molecule has 2 N–H and O–H groups in total. The molecule has 0 bridgehead atoms. The van der Waals surface area contributed by atoms with Crippen molar-refractivity contribution in [2.24, 2.45) is 0 Å². The van der Waals surface area contributed by atoms with Gasteiger partial charge in [-0.2, -0.15) is 0 Å². The van der Waals surface area contributed by atoms with Crippen molar-refractivity contribution in [3.05, 3.63) is 53.1 Å². The van der Waals surface area contributed by atoms with Crippen LogP contribution in [0.5, 0.6) is 0 Å². The van der Waals surface area contributed by atoms with Gasteiger partial charge in [0.15, 0.2) is 0 Å². The number of morpholine rings is 1. The molecular formula is C24H27ClN4O4. The number of aryl methyl sites for hydroxylation is 1. The molecule has 9 heteroatoms. The summed E-state index contributed by atoms with van der Waals surface area (Å²) in [5.74, 6) is -0.304. The summed E-state index contributed by atoms with van der Waals surface area (Å²) in [6.07, 6.45) is 2.32. The lowest BCUT2D eigenvalue weighted by molar-refractivity contribution is -0.125. The highest BCUT2D eigenvalue weighted by molar-refractivity contribution is 6.30. The predicted molar refractivity (Wildman–Crippen MR) is 128 cm³/mol. The second-order valence-corrected chi connectivity index (χ2v) is 8.67.